The van der Waals surface area contributed by atoms with E-state index in [4.69, 9.17) is 0 Å². The van der Waals surface area contributed by atoms with Gasteiger partial charge in [0.15, 0.2) is 0 Å². The molecule has 0 bridgehead atoms. The van der Waals surface area contributed by atoms with E-state index < -0.39 is 11.8 Å². The van der Waals surface area contributed by atoms with Crippen molar-refractivity contribution in [2.75, 3.05) is 18.0 Å². The van der Waals surface area contributed by atoms with Crippen molar-refractivity contribution in [1.82, 2.24) is 5.06 Å². The van der Waals surface area contributed by atoms with E-state index in [-0.39, 0.29) is 16.2 Å². The van der Waals surface area contributed by atoms with Crippen LogP contribution < -0.4 is 4.90 Å². The summed E-state index contributed by atoms with van der Waals surface area (Å²) < 4.78 is 0. The molecule has 0 saturated carbocycles. The predicted octanol–water partition coefficient (Wildman–Crippen LogP) is 2.69. The Morgan fingerprint density at radius 1 is 1.04 bits per heavy atom. The molecule has 0 aromatic heterocycles. The van der Waals surface area contributed by atoms with Gasteiger partial charge in [-0.25, -0.2) is 0 Å². The molecule has 2 aliphatic rings. The summed E-state index contributed by atoms with van der Waals surface area (Å²) in [4.78, 5) is 26.7. The lowest BCUT2D eigenvalue weighted by atomic mass is 9.90. The molecule has 1 fully saturated rings. The summed E-state index contributed by atoms with van der Waals surface area (Å²) in [5.74, 6) is -1.52. The van der Waals surface area contributed by atoms with Gasteiger partial charge in [0, 0.05) is 23.9 Å². The maximum absolute atomic E-state index is 12.3. The fraction of sp³-hybridized carbons (Fsp3) is 0.278. The average Bonchev–Trinajstić information content (AvgIpc) is 2.64. The molecule has 24 heavy (non-hydrogen) atoms. The molecular formula is C18H15N3O3. The van der Waals surface area contributed by atoms with E-state index in [0.29, 0.717) is 10.9 Å². The Bertz CT molecular complexity index is 923. The van der Waals surface area contributed by atoms with Gasteiger partial charge in [0.25, 0.3) is 11.8 Å². The topological polar surface area (TPSA) is 84.6 Å². The number of hydroxylamine groups is 2. The molecule has 0 spiro atoms. The van der Waals surface area contributed by atoms with Crippen molar-refractivity contribution in [3.63, 3.8) is 0 Å². The van der Waals surface area contributed by atoms with Crippen molar-refractivity contribution in [2.45, 2.75) is 19.3 Å². The SMILES string of the molecule is N#Cc1cc2c3c(cccc3c1N1CCCCC1)C(=O)N(O)C2=O. The third-order valence-corrected chi connectivity index (χ3v) is 4.77. The van der Waals surface area contributed by atoms with Gasteiger partial charge in [-0.3, -0.25) is 14.8 Å². The molecule has 1 saturated heterocycles. The van der Waals surface area contributed by atoms with Crippen LogP contribution in [-0.4, -0.2) is 35.2 Å². The first-order valence-corrected chi connectivity index (χ1v) is 7.96. The van der Waals surface area contributed by atoms with Crippen LogP contribution in [0.3, 0.4) is 0 Å². The molecule has 120 valence electrons. The van der Waals surface area contributed by atoms with Crippen LogP contribution in [-0.2, 0) is 0 Å². The number of anilines is 1. The standard InChI is InChI=1S/C18H15N3O3/c19-10-11-9-14-15-12(16(11)20-7-2-1-3-8-20)5-4-6-13(15)17(22)21(24)18(14)23/h4-6,9,24H,1-3,7-8H2. The van der Waals surface area contributed by atoms with Gasteiger partial charge in [-0.1, -0.05) is 12.1 Å². The molecule has 2 aromatic carbocycles. The summed E-state index contributed by atoms with van der Waals surface area (Å²) in [5.41, 5.74) is 1.66. The van der Waals surface area contributed by atoms with Gasteiger partial charge in [0.05, 0.1) is 22.4 Å². The largest absolute Gasteiger partial charge is 0.370 e. The number of rotatable bonds is 1. The summed E-state index contributed by atoms with van der Waals surface area (Å²) in [7, 11) is 0. The van der Waals surface area contributed by atoms with Crippen molar-refractivity contribution in [3.8, 4) is 6.07 Å². The van der Waals surface area contributed by atoms with E-state index in [1.807, 2.05) is 6.07 Å². The molecule has 0 aliphatic carbocycles. The normalized spacial score (nSPS) is 17.3. The lowest BCUT2D eigenvalue weighted by Crippen LogP contribution is -2.38. The van der Waals surface area contributed by atoms with Crippen molar-refractivity contribution < 1.29 is 14.8 Å². The van der Waals surface area contributed by atoms with Crippen molar-refractivity contribution >= 4 is 28.3 Å². The Morgan fingerprint density at radius 3 is 2.46 bits per heavy atom. The number of carbonyl (C=O) groups is 2. The van der Waals surface area contributed by atoms with Gasteiger partial charge in [-0.15, -0.1) is 5.06 Å². The van der Waals surface area contributed by atoms with Gasteiger partial charge in [-0.2, -0.15) is 5.26 Å². The zero-order valence-corrected chi connectivity index (χ0v) is 13.0. The Kier molecular flexibility index (Phi) is 3.25. The average molecular weight is 321 g/mol. The van der Waals surface area contributed by atoms with Crippen molar-refractivity contribution in [1.29, 1.82) is 5.26 Å². The Morgan fingerprint density at radius 2 is 1.75 bits per heavy atom. The lowest BCUT2D eigenvalue weighted by molar-refractivity contribution is -0.0377. The van der Waals surface area contributed by atoms with Gasteiger partial charge >= 0.3 is 0 Å². The summed E-state index contributed by atoms with van der Waals surface area (Å²) in [6.07, 6.45) is 3.27. The highest BCUT2D eigenvalue weighted by atomic mass is 16.5. The third-order valence-electron chi connectivity index (χ3n) is 4.77. The maximum atomic E-state index is 12.3. The van der Waals surface area contributed by atoms with E-state index in [2.05, 4.69) is 11.0 Å². The Labute approximate surface area is 138 Å². The summed E-state index contributed by atoms with van der Waals surface area (Å²) in [6.45, 7) is 1.70. The number of benzene rings is 2. The number of nitriles is 1. The monoisotopic (exact) mass is 321 g/mol. The molecule has 2 aliphatic heterocycles. The molecular weight excluding hydrogens is 306 g/mol. The van der Waals surface area contributed by atoms with Gasteiger partial charge in [0.2, 0.25) is 0 Å². The summed E-state index contributed by atoms with van der Waals surface area (Å²) >= 11 is 0. The molecule has 4 rings (SSSR count). The maximum Gasteiger partial charge on any atom is 0.285 e. The van der Waals surface area contributed by atoms with Crippen molar-refractivity contribution in [2.24, 2.45) is 0 Å². The first-order valence-electron chi connectivity index (χ1n) is 7.96. The third kappa shape index (κ3) is 1.92. The number of imide groups is 1. The van der Waals surface area contributed by atoms with Gasteiger partial charge in [-0.05, 0) is 31.4 Å². The van der Waals surface area contributed by atoms with Crippen LogP contribution in [0.25, 0.3) is 10.8 Å². The molecule has 2 heterocycles. The first kappa shape index (κ1) is 14.7. The molecule has 0 unspecified atom stereocenters. The second-order valence-electron chi connectivity index (χ2n) is 6.13. The minimum absolute atomic E-state index is 0.124. The first-order chi connectivity index (χ1) is 11.6. The molecule has 2 amide bonds. The van der Waals surface area contributed by atoms with Crippen LogP contribution in [0.2, 0.25) is 0 Å². The number of hydrogen-bond donors (Lipinski definition) is 1. The summed E-state index contributed by atoms with van der Waals surface area (Å²) in [5, 5.41) is 20.7. The minimum Gasteiger partial charge on any atom is -0.370 e. The number of amides is 2. The highest BCUT2D eigenvalue weighted by Gasteiger charge is 2.34. The smallest absolute Gasteiger partial charge is 0.285 e. The van der Waals surface area contributed by atoms with Crippen molar-refractivity contribution in [3.05, 3.63) is 41.0 Å². The number of nitrogens with zero attached hydrogens (tertiary/aromatic N) is 3. The highest BCUT2D eigenvalue weighted by Crippen LogP contribution is 2.39. The van der Waals surface area contributed by atoms with E-state index in [9.17, 15) is 20.1 Å². The van der Waals surface area contributed by atoms with E-state index in [1.54, 1.807) is 12.1 Å². The Hall–Kier alpha value is -2.91. The second-order valence-corrected chi connectivity index (χ2v) is 6.13. The zero-order chi connectivity index (χ0) is 16.8. The predicted molar refractivity (Wildman–Crippen MR) is 87.0 cm³/mol. The molecule has 2 aromatic rings. The van der Waals surface area contributed by atoms with Crippen LogP contribution in [0.5, 0.6) is 0 Å². The molecule has 6 nitrogen and oxygen atoms in total. The zero-order valence-electron chi connectivity index (χ0n) is 13.0. The van der Waals surface area contributed by atoms with Crippen LogP contribution in [0.4, 0.5) is 5.69 Å². The minimum atomic E-state index is -0.787. The van der Waals surface area contributed by atoms with E-state index in [1.165, 1.54) is 6.07 Å². The van der Waals surface area contributed by atoms with Gasteiger partial charge < -0.3 is 4.90 Å². The molecule has 1 N–H and O–H groups in total. The molecule has 6 heteroatoms. The van der Waals surface area contributed by atoms with Crippen LogP contribution in [0, 0.1) is 11.3 Å². The van der Waals surface area contributed by atoms with E-state index >= 15 is 0 Å². The van der Waals surface area contributed by atoms with E-state index in [0.717, 1.165) is 43.4 Å². The summed E-state index contributed by atoms with van der Waals surface area (Å²) in [6, 6.07) is 8.81. The Balaban J connectivity index is 2.08. The van der Waals surface area contributed by atoms with Crippen LogP contribution in [0.15, 0.2) is 24.3 Å². The molecule has 0 atom stereocenters. The quantitative estimate of drug-likeness (QED) is 0.645. The van der Waals surface area contributed by atoms with Crippen LogP contribution >= 0.6 is 0 Å². The molecule has 0 radical (unpaired) electrons. The van der Waals surface area contributed by atoms with Crippen LogP contribution in [0.1, 0.15) is 45.5 Å². The van der Waals surface area contributed by atoms with Gasteiger partial charge in [0.1, 0.15) is 6.07 Å². The highest BCUT2D eigenvalue weighted by molar-refractivity contribution is 6.26. The lowest BCUT2D eigenvalue weighted by Gasteiger charge is -2.32. The number of hydrogen-bond acceptors (Lipinski definition) is 5. The number of carbonyl (C=O) groups excluding carboxylic acids is 2. The fourth-order valence-corrected chi connectivity index (χ4v) is 3.68. The number of piperidine rings is 1. The second kappa shape index (κ2) is 5.32. The fourth-order valence-electron chi connectivity index (χ4n) is 3.68.